The fourth-order valence-corrected chi connectivity index (χ4v) is 2.56. The molecule has 1 aromatic heterocycles. The van der Waals surface area contributed by atoms with Crippen LogP contribution in [0.2, 0.25) is 0 Å². The van der Waals surface area contributed by atoms with Crippen LogP contribution in [0.15, 0.2) is 23.9 Å². The minimum atomic E-state index is 0.514. The Bertz CT molecular complexity index is 568. The molecule has 5 heteroatoms. The first kappa shape index (κ1) is 15.6. The zero-order valence-corrected chi connectivity index (χ0v) is 13.3. The van der Waals surface area contributed by atoms with Crippen molar-refractivity contribution in [3.63, 3.8) is 0 Å². The maximum Gasteiger partial charge on any atom is 0.225 e. The van der Waals surface area contributed by atoms with Crippen LogP contribution in [0, 0.1) is 17.3 Å². The van der Waals surface area contributed by atoms with E-state index in [4.69, 9.17) is 5.41 Å². The fraction of sp³-hybridized carbons (Fsp3) is 0.438. The maximum absolute atomic E-state index is 7.27. The third kappa shape index (κ3) is 4.91. The van der Waals surface area contributed by atoms with E-state index < -0.39 is 0 Å². The fourth-order valence-electron chi connectivity index (χ4n) is 2.22. The van der Waals surface area contributed by atoms with Gasteiger partial charge in [-0.3, -0.25) is 5.41 Å². The van der Waals surface area contributed by atoms with Crippen LogP contribution in [0.3, 0.4) is 0 Å². The molecule has 0 bridgehead atoms. The summed E-state index contributed by atoms with van der Waals surface area (Å²) >= 11 is 1.35. The number of piperidine rings is 1. The number of hydrogen-bond acceptors (Lipinski definition) is 5. The molecule has 4 nitrogen and oxygen atoms in total. The number of hydrogen-bond donors (Lipinski definition) is 1. The van der Waals surface area contributed by atoms with Gasteiger partial charge in [-0.1, -0.05) is 23.6 Å². The molecule has 110 valence electrons. The standard InChI is InChI=1S/C16H20N4S/c1-13-7-3-5-9-20(13)16-18-11-15(12-19-16)8-4-6-10-21-14(2)17/h6,10-13,17H,3,5,7,9H2,1-2H3/b10-6+,17-14?. The third-order valence-corrected chi connectivity index (χ3v) is 3.94. The van der Waals surface area contributed by atoms with Crippen LogP contribution in [0.1, 0.15) is 38.7 Å². The molecule has 0 amide bonds. The first-order chi connectivity index (χ1) is 10.2. The molecule has 1 fully saturated rings. The number of aromatic nitrogens is 2. The summed E-state index contributed by atoms with van der Waals surface area (Å²) in [5.41, 5.74) is 0.810. The highest BCUT2D eigenvalue weighted by atomic mass is 32.2. The SMILES string of the molecule is CC(=N)S/C=C/C#Cc1cnc(N2CCCCC2C)nc1. The van der Waals surface area contributed by atoms with Crippen molar-refractivity contribution >= 4 is 22.8 Å². The van der Waals surface area contributed by atoms with Gasteiger partial charge in [-0.25, -0.2) is 9.97 Å². The van der Waals surface area contributed by atoms with Crippen LogP contribution in [-0.4, -0.2) is 27.6 Å². The van der Waals surface area contributed by atoms with Crippen molar-refractivity contribution in [2.45, 2.75) is 39.2 Å². The first-order valence-electron chi connectivity index (χ1n) is 7.14. The molecule has 0 radical (unpaired) electrons. The van der Waals surface area contributed by atoms with Gasteiger partial charge in [0.25, 0.3) is 0 Å². The molecule has 1 atom stereocenters. The second-order valence-corrected chi connectivity index (χ2v) is 6.18. The molecule has 1 N–H and O–H groups in total. The second kappa shape index (κ2) is 7.84. The highest BCUT2D eigenvalue weighted by Gasteiger charge is 2.20. The van der Waals surface area contributed by atoms with Gasteiger partial charge in [-0.05, 0) is 44.6 Å². The zero-order valence-electron chi connectivity index (χ0n) is 12.5. The normalized spacial score (nSPS) is 18.4. The first-order valence-corrected chi connectivity index (χ1v) is 8.02. The van der Waals surface area contributed by atoms with Gasteiger partial charge in [0.2, 0.25) is 5.95 Å². The molecule has 0 saturated carbocycles. The van der Waals surface area contributed by atoms with Crippen LogP contribution in [0.5, 0.6) is 0 Å². The number of rotatable bonds is 2. The predicted octanol–water partition coefficient (Wildman–Crippen LogP) is 3.45. The van der Waals surface area contributed by atoms with E-state index in [2.05, 4.69) is 33.6 Å². The lowest BCUT2D eigenvalue weighted by molar-refractivity contribution is 0.477. The van der Waals surface area contributed by atoms with E-state index in [1.807, 2.05) is 0 Å². The van der Waals surface area contributed by atoms with Gasteiger partial charge in [-0.2, -0.15) is 0 Å². The van der Waals surface area contributed by atoms with Crippen LogP contribution in [0.25, 0.3) is 0 Å². The van der Waals surface area contributed by atoms with Crippen molar-refractivity contribution in [2.75, 3.05) is 11.4 Å². The summed E-state index contributed by atoms with van der Waals surface area (Å²) in [5, 5.41) is 9.63. The van der Waals surface area contributed by atoms with Crippen molar-refractivity contribution in [2.24, 2.45) is 0 Å². The number of nitrogens with one attached hydrogen (secondary N) is 1. The minimum absolute atomic E-state index is 0.514. The summed E-state index contributed by atoms with van der Waals surface area (Å²) < 4.78 is 0. The van der Waals surface area contributed by atoms with Gasteiger partial charge in [0.1, 0.15) is 0 Å². The Morgan fingerprint density at radius 2 is 2.19 bits per heavy atom. The largest absolute Gasteiger partial charge is 0.338 e. The van der Waals surface area contributed by atoms with Gasteiger partial charge < -0.3 is 4.90 Å². The summed E-state index contributed by atoms with van der Waals surface area (Å²) in [6, 6.07) is 0.514. The van der Waals surface area contributed by atoms with E-state index in [1.54, 1.807) is 30.8 Å². The smallest absolute Gasteiger partial charge is 0.225 e. The molecule has 1 aliphatic heterocycles. The van der Waals surface area contributed by atoms with Gasteiger partial charge >= 0.3 is 0 Å². The molecule has 1 unspecified atom stereocenters. The summed E-state index contributed by atoms with van der Waals surface area (Å²) in [7, 11) is 0. The molecular formula is C16H20N4S. The lowest BCUT2D eigenvalue weighted by atomic mass is 10.0. The molecule has 1 aliphatic rings. The Kier molecular flexibility index (Phi) is 5.82. The van der Waals surface area contributed by atoms with Crippen molar-refractivity contribution in [3.8, 4) is 11.8 Å². The highest BCUT2D eigenvalue weighted by Crippen LogP contribution is 2.20. The Hall–Kier alpha value is -1.80. The van der Waals surface area contributed by atoms with Crippen LogP contribution >= 0.6 is 11.8 Å². The topological polar surface area (TPSA) is 52.9 Å². The zero-order chi connectivity index (χ0) is 15.1. The van der Waals surface area contributed by atoms with Crippen molar-refractivity contribution in [1.29, 1.82) is 5.41 Å². The van der Waals surface area contributed by atoms with Crippen molar-refractivity contribution in [1.82, 2.24) is 9.97 Å². The quantitative estimate of drug-likeness (QED) is 0.516. The molecule has 21 heavy (non-hydrogen) atoms. The number of anilines is 1. The van der Waals surface area contributed by atoms with Gasteiger partial charge in [0.15, 0.2) is 0 Å². The molecule has 0 spiro atoms. The number of allylic oxidation sites excluding steroid dienone is 1. The average molecular weight is 300 g/mol. The Morgan fingerprint density at radius 3 is 2.86 bits per heavy atom. The molecule has 1 saturated heterocycles. The van der Waals surface area contributed by atoms with Gasteiger partial charge in [0.05, 0.1) is 10.6 Å². The maximum atomic E-state index is 7.27. The van der Waals surface area contributed by atoms with Crippen LogP contribution in [-0.2, 0) is 0 Å². The van der Waals surface area contributed by atoms with E-state index in [9.17, 15) is 0 Å². The van der Waals surface area contributed by atoms with Gasteiger partial charge in [0, 0.05) is 25.0 Å². The summed E-state index contributed by atoms with van der Waals surface area (Å²) in [6.45, 7) is 5.01. The van der Waals surface area contributed by atoms with Crippen molar-refractivity contribution < 1.29 is 0 Å². The summed E-state index contributed by atoms with van der Waals surface area (Å²) in [4.78, 5) is 11.1. The predicted molar refractivity (Wildman–Crippen MR) is 89.7 cm³/mol. The third-order valence-electron chi connectivity index (χ3n) is 3.31. The number of nitrogens with zero attached hydrogens (tertiary/aromatic N) is 3. The minimum Gasteiger partial charge on any atom is -0.338 e. The summed E-state index contributed by atoms with van der Waals surface area (Å²) in [6.07, 6.45) is 9.01. The van der Waals surface area contributed by atoms with Gasteiger partial charge in [-0.15, -0.1) is 0 Å². The molecule has 2 heterocycles. The van der Waals surface area contributed by atoms with E-state index in [0.29, 0.717) is 11.1 Å². The molecular weight excluding hydrogens is 280 g/mol. The highest BCUT2D eigenvalue weighted by molar-refractivity contribution is 8.16. The van der Waals surface area contributed by atoms with E-state index in [0.717, 1.165) is 18.1 Å². The van der Waals surface area contributed by atoms with Crippen LogP contribution < -0.4 is 4.90 Å². The molecule has 1 aromatic rings. The molecule has 0 aliphatic carbocycles. The average Bonchev–Trinajstić information content (AvgIpc) is 2.48. The number of thioether (sulfide) groups is 1. The van der Waals surface area contributed by atoms with Crippen molar-refractivity contribution in [3.05, 3.63) is 29.4 Å². The van der Waals surface area contributed by atoms with E-state index >= 15 is 0 Å². The van der Waals surface area contributed by atoms with Crippen LogP contribution in [0.4, 0.5) is 5.95 Å². The Morgan fingerprint density at radius 1 is 1.43 bits per heavy atom. The monoisotopic (exact) mass is 300 g/mol. The lowest BCUT2D eigenvalue weighted by Gasteiger charge is -2.33. The van der Waals surface area contributed by atoms with E-state index in [-0.39, 0.29) is 0 Å². The lowest BCUT2D eigenvalue weighted by Crippen LogP contribution is -2.38. The summed E-state index contributed by atoms with van der Waals surface area (Å²) in [5.74, 6) is 6.72. The second-order valence-electron chi connectivity index (χ2n) is 5.06. The van der Waals surface area contributed by atoms with E-state index in [1.165, 1.54) is 31.0 Å². The molecule has 2 rings (SSSR count). The Balaban J connectivity index is 1.97. The Labute approximate surface area is 130 Å². The molecule has 0 aromatic carbocycles.